The Hall–Kier alpha value is -1.30. The molecule has 1 aliphatic rings. The average molecular weight is 231 g/mol. The minimum atomic E-state index is -1.09. The van der Waals surface area contributed by atoms with Crippen molar-refractivity contribution in [2.24, 2.45) is 5.41 Å². The first-order valence-corrected chi connectivity index (χ1v) is 5.14. The first-order valence-electron chi connectivity index (χ1n) is 5.14. The quantitative estimate of drug-likeness (QED) is 0.743. The van der Waals surface area contributed by atoms with Crippen molar-refractivity contribution >= 4 is 12.1 Å². The molecule has 16 heavy (non-hydrogen) atoms. The van der Waals surface area contributed by atoms with E-state index in [-0.39, 0.29) is 19.3 Å². The Morgan fingerprint density at radius 1 is 1.56 bits per heavy atom. The molecule has 0 aromatic carbocycles. The van der Waals surface area contributed by atoms with Crippen molar-refractivity contribution in [3.63, 3.8) is 0 Å². The molecule has 6 heteroatoms. The second-order valence-corrected chi connectivity index (χ2v) is 4.39. The van der Waals surface area contributed by atoms with Crippen LogP contribution in [0.1, 0.15) is 20.8 Å². The number of carbonyl (C=O) groups is 2. The summed E-state index contributed by atoms with van der Waals surface area (Å²) in [5, 5.41) is 11.6. The minimum Gasteiger partial charge on any atom is -0.481 e. The molecule has 1 amide bonds. The molecule has 0 bridgehead atoms. The minimum absolute atomic E-state index is 0.0922. The van der Waals surface area contributed by atoms with Gasteiger partial charge in [0.25, 0.3) is 0 Å². The van der Waals surface area contributed by atoms with E-state index in [1.54, 1.807) is 20.8 Å². The monoisotopic (exact) mass is 231 g/mol. The molecule has 1 aliphatic heterocycles. The van der Waals surface area contributed by atoms with Crippen LogP contribution >= 0.6 is 0 Å². The second-order valence-electron chi connectivity index (χ2n) is 4.39. The lowest BCUT2D eigenvalue weighted by Crippen LogP contribution is -2.50. The molecule has 0 saturated carbocycles. The number of rotatable bonds is 3. The molecular weight excluding hydrogens is 214 g/mol. The Labute approximate surface area is 93.9 Å². The lowest BCUT2D eigenvalue weighted by Gasteiger charge is -2.25. The van der Waals surface area contributed by atoms with Crippen LogP contribution < -0.4 is 5.32 Å². The lowest BCUT2D eigenvalue weighted by molar-refractivity contribution is -0.148. The van der Waals surface area contributed by atoms with Gasteiger partial charge in [0.2, 0.25) is 0 Å². The fraction of sp³-hybridized carbons (Fsp3) is 0.800. The van der Waals surface area contributed by atoms with Crippen molar-refractivity contribution in [3.05, 3.63) is 0 Å². The number of carboxylic acids is 1. The SMILES string of the molecule is CC(C)OC(=O)NC1COCC1(C)C(=O)O. The van der Waals surface area contributed by atoms with Gasteiger partial charge in [0.1, 0.15) is 5.41 Å². The molecule has 0 radical (unpaired) electrons. The third-order valence-electron chi connectivity index (χ3n) is 2.58. The van der Waals surface area contributed by atoms with Crippen LogP contribution in [0.5, 0.6) is 0 Å². The summed E-state index contributed by atoms with van der Waals surface area (Å²) >= 11 is 0. The van der Waals surface area contributed by atoms with E-state index in [0.29, 0.717) is 0 Å². The summed E-state index contributed by atoms with van der Waals surface area (Å²) in [6.45, 7) is 5.27. The molecule has 1 saturated heterocycles. The third-order valence-corrected chi connectivity index (χ3v) is 2.58. The molecular formula is C10H17NO5. The van der Waals surface area contributed by atoms with Gasteiger partial charge in [-0.25, -0.2) is 4.79 Å². The smallest absolute Gasteiger partial charge is 0.407 e. The highest BCUT2D eigenvalue weighted by molar-refractivity contribution is 5.77. The maximum absolute atomic E-state index is 11.3. The van der Waals surface area contributed by atoms with Gasteiger partial charge in [0, 0.05) is 0 Å². The number of carbonyl (C=O) groups excluding carboxylic acids is 1. The van der Waals surface area contributed by atoms with Crippen LogP contribution in [0.2, 0.25) is 0 Å². The summed E-state index contributed by atoms with van der Waals surface area (Å²) in [7, 11) is 0. The second kappa shape index (κ2) is 4.69. The molecule has 6 nitrogen and oxygen atoms in total. The van der Waals surface area contributed by atoms with Crippen molar-refractivity contribution in [2.75, 3.05) is 13.2 Å². The van der Waals surface area contributed by atoms with Crippen LogP contribution in [-0.4, -0.2) is 42.5 Å². The first kappa shape index (κ1) is 12.8. The zero-order chi connectivity index (χ0) is 12.3. The summed E-state index contributed by atoms with van der Waals surface area (Å²) < 4.78 is 9.98. The van der Waals surface area contributed by atoms with Gasteiger partial charge < -0.3 is 19.9 Å². The largest absolute Gasteiger partial charge is 0.481 e. The van der Waals surface area contributed by atoms with Crippen LogP contribution in [0.25, 0.3) is 0 Å². The Kier molecular flexibility index (Phi) is 3.74. The van der Waals surface area contributed by atoms with E-state index in [1.807, 2.05) is 0 Å². The van der Waals surface area contributed by atoms with Crippen LogP contribution in [0.15, 0.2) is 0 Å². The maximum Gasteiger partial charge on any atom is 0.407 e. The molecule has 0 aromatic heterocycles. The third kappa shape index (κ3) is 2.63. The maximum atomic E-state index is 11.3. The summed E-state index contributed by atoms with van der Waals surface area (Å²) in [6, 6.07) is -0.559. The van der Waals surface area contributed by atoms with Gasteiger partial charge in [-0.1, -0.05) is 0 Å². The van der Waals surface area contributed by atoms with Gasteiger partial charge in [0.15, 0.2) is 0 Å². The molecule has 1 fully saturated rings. The summed E-state index contributed by atoms with van der Waals surface area (Å²) in [4.78, 5) is 22.4. The Morgan fingerprint density at radius 3 is 2.69 bits per heavy atom. The highest BCUT2D eigenvalue weighted by Gasteiger charge is 2.47. The van der Waals surface area contributed by atoms with Crippen LogP contribution in [0.3, 0.4) is 0 Å². The highest BCUT2D eigenvalue weighted by Crippen LogP contribution is 2.28. The number of hydrogen-bond acceptors (Lipinski definition) is 4. The van der Waals surface area contributed by atoms with Gasteiger partial charge in [-0.05, 0) is 20.8 Å². The Bertz CT molecular complexity index is 291. The van der Waals surface area contributed by atoms with E-state index in [0.717, 1.165) is 0 Å². The number of nitrogens with one attached hydrogen (secondary N) is 1. The first-order chi connectivity index (χ1) is 7.36. The molecule has 92 valence electrons. The molecule has 0 spiro atoms. The highest BCUT2D eigenvalue weighted by atomic mass is 16.6. The molecule has 2 unspecified atom stereocenters. The number of aliphatic carboxylic acids is 1. The predicted octanol–water partition coefficient (Wildman–Crippen LogP) is 0.611. The summed E-state index contributed by atoms with van der Waals surface area (Å²) in [5.74, 6) is -0.986. The fourth-order valence-electron chi connectivity index (χ4n) is 1.48. The molecule has 0 aliphatic carbocycles. The van der Waals surface area contributed by atoms with Crippen LogP contribution in [-0.2, 0) is 14.3 Å². The molecule has 2 atom stereocenters. The summed E-state index contributed by atoms with van der Waals surface area (Å²) in [6.07, 6.45) is -0.851. The standard InChI is InChI=1S/C10H17NO5/c1-6(2)16-9(14)11-7-4-15-5-10(7,3)8(12)13/h6-7H,4-5H2,1-3H3,(H,11,14)(H,12,13). The number of amides is 1. The van der Waals surface area contributed by atoms with Gasteiger partial charge in [-0.2, -0.15) is 0 Å². The van der Waals surface area contributed by atoms with E-state index in [9.17, 15) is 9.59 Å². The zero-order valence-corrected chi connectivity index (χ0v) is 9.65. The molecule has 1 rings (SSSR count). The van der Waals surface area contributed by atoms with Crippen molar-refractivity contribution in [1.82, 2.24) is 5.32 Å². The number of hydrogen-bond donors (Lipinski definition) is 2. The molecule has 2 N–H and O–H groups in total. The van der Waals surface area contributed by atoms with Gasteiger partial charge in [-0.3, -0.25) is 4.79 Å². The van der Waals surface area contributed by atoms with Gasteiger partial charge >= 0.3 is 12.1 Å². The lowest BCUT2D eigenvalue weighted by atomic mass is 9.85. The topological polar surface area (TPSA) is 84.9 Å². The van der Waals surface area contributed by atoms with E-state index in [2.05, 4.69) is 5.32 Å². The van der Waals surface area contributed by atoms with E-state index >= 15 is 0 Å². The predicted molar refractivity (Wildman–Crippen MR) is 55.1 cm³/mol. The van der Waals surface area contributed by atoms with E-state index in [1.165, 1.54) is 0 Å². The number of ether oxygens (including phenoxy) is 2. The van der Waals surface area contributed by atoms with Crippen molar-refractivity contribution in [2.45, 2.75) is 32.9 Å². The Balaban J connectivity index is 2.60. The normalized spacial score (nSPS) is 29.1. The van der Waals surface area contributed by atoms with Crippen LogP contribution in [0.4, 0.5) is 4.79 Å². The number of alkyl carbamates (subject to hydrolysis) is 1. The van der Waals surface area contributed by atoms with Crippen molar-refractivity contribution < 1.29 is 24.2 Å². The van der Waals surface area contributed by atoms with Crippen molar-refractivity contribution in [3.8, 4) is 0 Å². The van der Waals surface area contributed by atoms with Gasteiger partial charge in [-0.15, -0.1) is 0 Å². The number of carboxylic acid groups (broad SMARTS) is 1. The molecule has 1 heterocycles. The average Bonchev–Trinajstić information content (AvgIpc) is 2.47. The van der Waals surface area contributed by atoms with Gasteiger partial charge in [0.05, 0.1) is 25.4 Å². The molecule has 0 aromatic rings. The van der Waals surface area contributed by atoms with Crippen molar-refractivity contribution in [1.29, 1.82) is 0 Å². The van der Waals surface area contributed by atoms with E-state index in [4.69, 9.17) is 14.6 Å². The van der Waals surface area contributed by atoms with E-state index < -0.39 is 23.5 Å². The zero-order valence-electron chi connectivity index (χ0n) is 9.65. The van der Waals surface area contributed by atoms with Crippen LogP contribution in [0, 0.1) is 5.41 Å². The summed E-state index contributed by atoms with van der Waals surface area (Å²) in [5.41, 5.74) is -1.09. The fourth-order valence-corrected chi connectivity index (χ4v) is 1.48. The Morgan fingerprint density at radius 2 is 2.19 bits per heavy atom.